The highest BCUT2D eigenvalue weighted by Gasteiger charge is 2.28. The number of carbonyl (C=O) groups excluding carboxylic acids is 1. The van der Waals surface area contributed by atoms with E-state index in [0.29, 0.717) is 5.78 Å². The maximum absolute atomic E-state index is 12.2. The van der Waals surface area contributed by atoms with E-state index in [-0.39, 0.29) is 5.92 Å². The van der Waals surface area contributed by atoms with Gasteiger partial charge in [-0.3, -0.25) is 4.79 Å². The number of benzene rings is 1. The first-order chi connectivity index (χ1) is 9.78. The molecule has 106 valence electrons. The fourth-order valence-electron chi connectivity index (χ4n) is 3.53. The van der Waals surface area contributed by atoms with Crippen molar-refractivity contribution in [1.29, 1.82) is 0 Å². The van der Waals surface area contributed by atoms with Crippen LogP contribution in [0.15, 0.2) is 29.6 Å². The first-order valence-corrected chi connectivity index (χ1v) is 8.63. The van der Waals surface area contributed by atoms with Crippen LogP contribution in [0.4, 0.5) is 0 Å². The molecule has 2 unspecified atom stereocenters. The van der Waals surface area contributed by atoms with Gasteiger partial charge in [-0.2, -0.15) is 0 Å². The summed E-state index contributed by atoms with van der Waals surface area (Å²) in [6.45, 7) is 2.25. The van der Waals surface area contributed by atoms with Gasteiger partial charge in [-0.05, 0) is 47.6 Å². The third kappa shape index (κ3) is 2.80. The minimum atomic E-state index is 0.262. The van der Waals surface area contributed by atoms with Gasteiger partial charge in [0.25, 0.3) is 0 Å². The first kappa shape index (κ1) is 13.8. The molecule has 0 radical (unpaired) electrons. The molecule has 1 fully saturated rings. The van der Waals surface area contributed by atoms with E-state index in [4.69, 9.17) is 0 Å². The molecule has 0 bridgehead atoms. The molecule has 1 nitrogen and oxygen atoms in total. The van der Waals surface area contributed by atoms with E-state index in [2.05, 4.69) is 36.6 Å². The predicted molar refractivity (Wildman–Crippen MR) is 86.3 cm³/mol. The summed E-state index contributed by atoms with van der Waals surface area (Å²) in [7, 11) is 0. The summed E-state index contributed by atoms with van der Waals surface area (Å²) in [5.41, 5.74) is 1.38. The zero-order chi connectivity index (χ0) is 13.9. The van der Waals surface area contributed by atoms with Crippen molar-refractivity contribution in [1.82, 2.24) is 0 Å². The Kier molecular flexibility index (Phi) is 4.21. The van der Waals surface area contributed by atoms with Gasteiger partial charge in [0, 0.05) is 17.0 Å². The van der Waals surface area contributed by atoms with Crippen molar-refractivity contribution in [3.63, 3.8) is 0 Å². The Balaban J connectivity index is 1.77. The molecule has 0 amide bonds. The van der Waals surface area contributed by atoms with Crippen LogP contribution in [-0.2, 0) is 11.2 Å². The van der Waals surface area contributed by atoms with Gasteiger partial charge in [0.15, 0.2) is 0 Å². The van der Waals surface area contributed by atoms with Gasteiger partial charge in [-0.15, -0.1) is 11.3 Å². The van der Waals surface area contributed by atoms with Crippen LogP contribution in [-0.4, -0.2) is 5.78 Å². The third-order valence-electron chi connectivity index (χ3n) is 4.60. The summed E-state index contributed by atoms with van der Waals surface area (Å²) in [6.07, 6.45) is 6.51. The lowest BCUT2D eigenvalue weighted by molar-refractivity contribution is -0.125. The normalized spacial score (nSPS) is 23.4. The fraction of sp³-hybridized carbons (Fsp3) is 0.500. The van der Waals surface area contributed by atoms with Gasteiger partial charge >= 0.3 is 0 Å². The van der Waals surface area contributed by atoms with E-state index in [9.17, 15) is 4.79 Å². The van der Waals surface area contributed by atoms with Crippen LogP contribution in [0.2, 0.25) is 0 Å². The molecule has 0 aliphatic heterocycles. The highest BCUT2D eigenvalue weighted by molar-refractivity contribution is 7.17. The molecule has 1 heterocycles. The van der Waals surface area contributed by atoms with Crippen molar-refractivity contribution in [2.45, 2.75) is 45.4 Å². The summed E-state index contributed by atoms with van der Waals surface area (Å²) >= 11 is 1.80. The van der Waals surface area contributed by atoms with E-state index < -0.39 is 0 Å². The molecule has 1 aliphatic rings. The second-order valence-electron chi connectivity index (χ2n) is 6.05. The zero-order valence-corrected chi connectivity index (χ0v) is 12.9. The maximum atomic E-state index is 12.2. The molecule has 3 rings (SSSR count). The van der Waals surface area contributed by atoms with Crippen LogP contribution in [0.5, 0.6) is 0 Å². The number of hydrogen-bond donors (Lipinski definition) is 0. The molecule has 2 atom stereocenters. The quantitative estimate of drug-likeness (QED) is 0.752. The van der Waals surface area contributed by atoms with Gasteiger partial charge < -0.3 is 0 Å². The monoisotopic (exact) mass is 286 g/mol. The summed E-state index contributed by atoms with van der Waals surface area (Å²) in [5.74, 6) is 1.53. The molecule has 2 aromatic rings. The third-order valence-corrected chi connectivity index (χ3v) is 5.61. The van der Waals surface area contributed by atoms with Gasteiger partial charge in [0.1, 0.15) is 5.78 Å². The second-order valence-corrected chi connectivity index (χ2v) is 6.96. The average molecular weight is 286 g/mol. The Morgan fingerprint density at radius 1 is 1.30 bits per heavy atom. The number of carbonyl (C=O) groups is 1. The van der Waals surface area contributed by atoms with E-state index in [1.54, 1.807) is 11.3 Å². The largest absolute Gasteiger partial charge is 0.299 e. The fourth-order valence-corrected chi connectivity index (χ4v) is 4.50. The van der Waals surface area contributed by atoms with Crippen LogP contribution in [0.3, 0.4) is 0 Å². The number of rotatable bonds is 4. The number of ketones is 1. The van der Waals surface area contributed by atoms with Crippen molar-refractivity contribution in [2.24, 2.45) is 11.8 Å². The Labute approximate surface area is 125 Å². The summed E-state index contributed by atoms with van der Waals surface area (Å²) < 4.78 is 1.34. The van der Waals surface area contributed by atoms with Gasteiger partial charge in [-0.25, -0.2) is 0 Å². The summed E-state index contributed by atoms with van der Waals surface area (Å²) in [4.78, 5) is 12.2. The van der Waals surface area contributed by atoms with E-state index in [1.165, 1.54) is 28.5 Å². The number of hydrogen-bond acceptors (Lipinski definition) is 2. The number of thiophene rings is 1. The Hall–Kier alpha value is -1.15. The van der Waals surface area contributed by atoms with Crippen LogP contribution < -0.4 is 0 Å². The Bertz CT molecular complexity index is 598. The lowest BCUT2D eigenvalue weighted by Gasteiger charge is -2.27. The molecule has 1 aromatic carbocycles. The molecular formula is C18H22OS. The SMILES string of the molecule is CCCC1CCC(=O)C(Cc2csc3ccccc23)C1. The maximum Gasteiger partial charge on any atom is 0.136 e. The van der Waals surface area contributed by atoms with Gasteiger partial charge in [0.05, 0.1) is 0 Å². The lowest BCUT2D eigenvalue weighted by Crippen LogP contribution is -2.26. The molecule has 0 spiro atoms. The molecule has 20 heavy (non-hydrogen) atoms. The first-order valence-electron chi connectivity index (χ1n) is 7.75. The van der Waals surface area contributed by atoms with Crippen LogP contribution in [0.1, 0.15) is 44.6 Å². The highest BCUT2D eigenvalue weighted by atomic mass is 32.1. The minimum Gasteiger partial charge on any atom is -0.299 e. The van der Waals surface area contributed by atoms with E-state index >= 15 is 0 Å². The van der Waals surface area contributed by atoms with Gasteiger partial charge in [0.2, 0.25) is 0 Å². The smallest absolute Gasteiger partial charge is 0.136 e. The van der Waals surface area contributed by atoms with Crippen molar-refractivity contribution in [2.75, 3.05) is 0 Å². The molecule has 0 N–H and O–H groups in total. The van der Waals surface area contributed by atoms with Crippen LogP contribution in [0.25, 0.3) is 10.1 Å². The zero-order valence-electron chi connectivity index (χ0n) is 12.1. The molecule has 0 saturated heterocycles. The van der Waals surface area contributed by atoms with Crippen LogP contribution in [0, 0.1) is 11.8 Å². The summed E-state index contributed by atoms with van der Waals surface area (Å²) in [5, 5.41) is 3.60. The van der Waals surface area contributed by atoms with Crippen molar-refractivity contribution < 1.29 is 4.79 Å². The molecule has 1 saturated carbocycles. The van der Waals surface area contributed by atoms with E-state index in [0.717, 1.165) is 31.6 Å². The molecule has 1 aliphatic carbocycles. The second kappa shape index (κ2) is 6.09. The van der Waals surface area contributed by atoms with E-state index in [1.807, 2.05) is 0 Å². The minimum absolute atomic E-state index is 0.262. The van der Waals surface area contributed by atoms with Crippen LogP contribution >= 0.6 is 11.3 Å². The summed E-state index contributed by atoms with van der Waals surface area (Å²) in [6, 6.07) is 8.55. The molecule has 1 aromatic heterocycles. The Morgan fingerprint density at radius 2 is 2.15 bits per heavy atom. The topological polar surface area (TPSA) is 17.1 Å². The molecular weight excluding hydrogens is 264 g/mol. The lowest BCUT2D eigenvalue weighted by atomic mass is 9.76. The Morgan fingerprint density at radius 3 is 3.00 bits per heavy atom. The van der Waals surface area contributed by atoms with Crippen molar-refractivity contribution >= 4 is 27.2 Å². The van der Waals surface area contributed by atoms with Crippen molar-refractivity contribution in [3.05, 3.63) is 35.2 Å². The predicted octanol–water partition coefficient (Wildman–Crippen LogP) is 5.23. The molecule has 2 heteroatoms. The number of fused-ring (bicyclic) bond motifs is 1. The average Bonchev–Trinajstić information content (AvgIpc) is 2.86. The highest BCUT2D eigenvalue weighted by Crippen LogP contribution is 2.34. The standard InChI is InChI=1S/C18H22OS/c1-2-5-13-8-9-17(19)14(10-13)11-15-12-20-18-7-4-3-6-16(15)18/h3-4,6-7,12-14H,2,5,8-11H2,1H3. The van der Waals surface area contributed by atoms with Crippen molar-refractivity contribution in [3.8, 4) is 0 Å². The van der Waals surface area contributed by atoms with Gasteiger partial charge in [-0.1, -0.05) is 38.0 Å². The number of Topliss-reactive ketones (excluding diaryl/α,β-unsaturated/α-hetero) is 1.